The molecule has 1 aromatic carbocycles. The Bertz CT molecular complexity index is 496. The van der Waals surface area contributed by atoms with Crippen LogP contribution >= 0.6 is 27.5 Å². The molecule has 0 bridgehead atoms. The van der Waals surface area contributed by atoms with Crippen LogP contribution in [0.15, 0.2) is 22.7 Å². The lowest BCUT2D eigenvalue weighted by Crippen LogP contribution is -2.39. The summed E-state index contributed by atoms with van der Waals surface area (Å²) in [6.07, 6.45) is -0.566. The molecule has 0 spiro atoms. The molecule has 0 aliphatic heterocycles. The number of carbonyl (C=O) groups is 2. The van der Waals surface area contributed by atoms with Crippen LogP contribution in [0.5, 0.6) is 0 Å². The maximum Gasteiger partial charge on any atom is 0.409 e. The zero-order chi connectivity index (χ0) is 14.6. The van der Waals surface area contributed by atoms with Crippen LogP contribution in [0.3, 0.4) is 0 Å². The van der Waals surface area contributed by atoms with Gasteiger partial charge in [-0.25, -0.2) is 4.79 Å². The lowest BCUT2D eigenvalue weighted by atomic mass is 10.3. The van der Waals surface area contributed by atoms with Crippen molar-refractivity contribution in [3.8, 4) is 0 Å². The van der Waals surface area contributed by atoms with Gasteiger partial charge in [0, 0.05) is 18.6 Å². The highest BCUT2D eigenvalue weighted by molar-refractivity contribution is 9.10. The van der Waals surface area contributed by atoms with Gasteiger partial charge in [0.05, 0.1) is 17.8 Å². The molecule has 0 unspecified atom stereocenters. The van der Waals surface area contributed by atoms with E-state index in [9.17, 15) is 9.59 Å². The normalized spacial score (nSPS) is 9.95. The van der Waals surface area contributed by atoms with E-state index in [1.54, 1.807) is 25.2 Å². The monoisotopic (exact) mass is 348 g/mol. The summed E-state index contributed by atoms with van der Waals surface area (Å²) in [4.78, 5) is 25.8. The molecule has 1 rings (SSSR count). The van der Waals surface area contributed by atoms with Gasteiger partial charge in [-0.15, -0.1) is 0 Å². The Morgan fingerprint density at radius 2 is 2.00 bits per heavy atom. The van der Waals surface area contributed by atoms with Gasteiger partial charge in [-0.05, 0) is 18.2 Å². The van der Waals surface area contributed by atoms with Gasteiger partial charge < -0.3 is 14.5 Å². The molecule has 0 saturated heterocycles. The zero-order valence-corrected chi connectivity index (χ0v) is 13.2. The summed E-state index contributed by atoms with van der Waals surface area (Å²) < 4.78 is 5.35. The van der Waals surface area contributed by atoms with Crippen LogP contribution in [0.25, 0.3) is 0 Å². The molecule has 0 aliphatic carbocycles. The minimum atomic E-state index is -0.566. The first-order chi connectivity index (χ1) is 8.86. The molecular weight excluding hydrogens is 336 g/mol. The van der Waals surface area contributed by atoms with Gasteiger partial charge in [0.1, 0.15) is 6.54 Å². The van der Waals surface area contributed by atoms with Crippen molar-refractivity contribution in [2.45, 2.75) is 0 Å². The van der Waals surface area contributed by atoms with E-state index < -0.39 is 6.09 Å². The lowest BCUT2D eigenvalue weighted by Gasteiger charge is -2.22. The number of carbonyl (C=O) groups excluding carboxylic acids is 2. The van der Waals surface area contributed by atoms with E-state index in [4.69, 9.17) is 11.6 Å². The largest absolute Gasteiger partial charge is 0.453 e. The van der Waals surface area contributed by atoms with E-state index in [-0.39, 0.29) is 12.5 Å². The molecule has 104 valence electrons. The number of rotatable bonds is 3. The fourth-order valence-corrected chi connectivity index (χ4v) is 2.22. The Balaban J connectivity index is 2.79. The number of nitrogens with zero attached hydrogens (tertiary/aromatic N) is 2. The third-order valence-corrected chi connectivity index (χ3v) is 3.30. The fraction of sp³-hybridized carbons (Fsp3) is 0.333. The topological polar surface area (TPSA) is 49.9 Å². The molecule has 0 atom stereocenters. The summed E-state index contributed by atoms with van der Waals surface area (Å²) in [5, 5.41) is 0.450. The van der Waals surface area contributed by atoms with Crippen molar-refractivity contribution < 1.29 is 14.3 Å². The Labute approximate surface area is 125 Å². The van der Waals surface area contributed by atoms with E-state index in [0.717, 1.165) is 4.47 Å². The second-order valence-electron chi connectivity index (χ2n) is 3.87. The van der Waals surface area contributed by atoms with E-state index >= 15 is 0 Å². The Morgan fingerprint density at radius 3 is 2.53 bits per heavy atom. The van der Waals surface area contributed by atoms with Gasteiger partial charge in [-0.3, -0.25) is 4.79 Å². The van der Waals surface area contributed by atoms with E-state index in [1.165, 1.54) is 24.0 Å². The van der Waals surface area contributed by atoms with Gasteiger partial charge in [-0.2, -0.15) is 0 Å². The summed E-state index contributed by atoms with van der Waals surface area (Å²) in [6.45, 7) is -0.0877. The highest BCUT2D eigenvalue weighted by Gasteiger charge is 2.18. The molecular formula is C12H14BrClN2O3. The summed E-state index contributed by atoms with van der Waals surface area (Å²) in [7, 11) is 4.35. The van der Waals surface area contributed by atoms with Crippen LogP contribution in [-0.2, 0) is 9.53 Å². The summed E-state index contributed by atoms with van der Waals surface area (Å²) in [5.41, 5.74) is 0.577. The molecule has 0 radical (unpaired) electrons. The Hall–Kier alpha value is -1.27. The first kappa shape index (κ1) is 15.8. The number of methoxy groups -OCH3 is 1. The maximum absolute atomic E-state index is 12.0. The summed E-state index contributed by atoms with van der Waals surface area (Å²) in [6, 6.07) is 5.21. The van der Waals surface area contributed by atoms with Crippen LogP contribution < -0.4 is 4.90 Å². The second-order valence-corrected chi connectivity index (χ2v) is 5.20. The highest BCUT2D eigenvalue weighted by atomic mass is 79.9. The number of halogens is 2. The predicted molar refractivity (Wildman–Crippen MR) is 77.6 cm³/mol. The average molecular weight is 350 g/mol. The van der Waals surface area contributed by atoms with Crippen LogP contribution in [0.4, 0.5) is 10.5 Å². The molecule has 0 heterocycles. The van der Waals surface area contributed by atoms with E-state index in [0.29, 0.717) is 10.7 Å². The fourth-order valence-electron chi connectivity index (χ4n) is 1.42. The minimum absolute atomic E-state index is 0.0877. The second kappa shape index (κ2) is 6.77. The van der Waals surface area contributed by atoms with Crippen molar-refractivity contribution in [3.05, 3.63) is 27.7 Å². The lowest BCUT2D eigenvalue weighted by molar-refractivity contribution is -0.118. The first-order valence-electron chi connectivity index (χ1n) is 5.37. The van der Waals surface area contributed by atoms with Crippen LogP contribution in [0, 0.1) is 0 Å². The Kier molecular flexibility index (Phi) is 5.62. The van der Waals surface area contributed by atoms with Gasteiger partial charge in [-0.1, -0.05) is 27.5 Å². The van der Waals surface area contributed by atoms with Crippen molar-refractivity contribution >= 4 is 45.2 Å². The number of hydrogen-bond acceptors (Lipinski definition) is 3. The molecule has 7 heteroatoms. The third kappa shape index (κ3) is 4.11. The van der Waals surface area contributed by atoms with Crippen LogP contribution in [0.2, 0.25) is 5.02 Å². The zero-order valence-electron chi connectivity index (χ0n) is 10.8. The molecule has 5 nitrogen and oxygen atoms in total. The number of anilines is 1. The SMILES string of the molecule is COC(=O)N(C)CC(=O)N(C)c1ccc(Br)cc1Cl. The molecule has 0 aliphatic rings. The average Bonchev–Trinajstić information content (AvgIpc) is 2.36. The molecule has 0 fully saturated rings. The Morgan fingerprint density at radius 1 is 1.37 bits per heavy atom. The van der Waals surface area contributed by atoms with Crippen LogP contribution in [0.1, 0.15) is 0 Å². The maximum atomic E-state index is 12.0. The van der Waals surface area contributed by atoms with Crippen molar-refractivity contribution in [2.75, 3.05) is 32.6 Å². The molecule has 0 N–H and O–H groups in total. The number of likely N-dealkylation sites (N-methyl/N-ethyl adjacent to an activating group) is 2. The predicted octanol–water partition coefficient (Wildman–Crippen LogP) is 2.76. The van der Waals surface area contributed by atoms with Gasteiger partial charge in [0.2, 0.25) is 5.91 Å². The summed E-state index contributed by atoms with van der Waals surface area (Å²) >= 11 is 9.36. The number of hydrogen-bond donors (Lipinski definition) is 0. The molecule has 0 saturated carbocycles. The van der Waals surface area contributed by atoms with Gasteiger partial charge in [0.25, 0.3) is 0 Å². The van der Waals surface area contributed by atoms with Gasteiger partial charge >= 0.3 is 6.09 Å². The van der Waals surface area contributed by atoms with E-state index in [1.807, 2.05) is 0 Å². The quantitative estimate of drug-likeness (QED) is 0.843. The van der Waals surface area contributed by atoms with Crippen molar-refractivity contribution in [3.63, 3.8) is 0 Å². The minimum Gasteiger partial charge on any atom is -0.453 e. The van der Waals surface area contributed by atoms with Crippen molar-refractivity contribution in [1.29, 1.82) is 0 Å². The van der Waals surface area contributed by atoms with Gasteiger partial charge in [0.15, 0.2) is 0 Å². The summed E-state index contributed by atoms with van der Waals surface area (Å²) in [5.74, 6) is -0.267. The van der Waals surface area contributed by atoms with Crippen LogP contribution in [-0.4, -0.2) is 44.7 Å². The number of benzene rings is 1. The highest BCUT2D eigenvalue weighted by Crippen LogP contribution is 2.28. The van der Waals surface area contributed by atoms with Crippen molar-refractivity contribution in [2.24, 2.45) is 0 Å². The first-order valence-corrected chi connectivity index (χ1v) is 6.54. The number of amides is 2. The third-order valence-electron chi connectivity index (χ3n) is 2.50. The molecule has 2 amide bonds. The van der Waals surface area contributed by atoms with E-state index in [2.05, 4.69) is 20.7 Å². The molecule has 0 aromatic heterocycles. The molecule has 19 heavy (non-hydrogen) atoms. The smallest absolute Gasteiger partial charge is 0.409 e. The molecule has 1 aromatic rings. The standard InChI is InChI=1S/C12H14BrClN2O3/c1-15(12(18)19-3)7-11(17)16(2)10-5-4-8(13)6-9(10)14/h4-6H,7H2,1-3H3. The van der Waals surface area contributed by atoms with Crippen molar-refractivity contribution in [1.82, 2.24) is 4.90 Å². The number of ether oxygens (including phenoxy) is 1.